The van der Waals surface area contributed by atoms with Gasteiger partial charge in [-0.15, -0.1) is 0 Å². The summed E-state index contributed by atoms with van der Waals surface area (Å²) in [7, 11) is -2.37. The molecule has 2 rings (SSSR count). The first-order chi connectivity index (χ1) is 11.3. The number of halogens is 3. The van der Waals surface area contributed by atoms with Gasteiger partial charge in [-0.2, -0.15) is 0 Å². The molecule has 1 atom stereocenters. The average molecular weight is 376 g/mol. The second-order valence-corrected chi connectivity index (χ2v) is 7.35. The molecule has 0 aliphatic carbocycles. The van der Waals surface area contributed by atoms with Crippen LogP contribution in [0, 0.1) is 11.6 Å². The Morgan fingerprint density at radius 3 is 2.38 bits per heavy atom. The van der Waals surface area contributed by atoms with Crippen molar-refractivity contribution in [3.63, 3.8) is 0 Å². The van der Waals surface area contributed by atoms with E-state index in [4.69, 9.17) is 16.3 Å². The van der Waals surface area contributed by atoms with Crippen LogP contribution >= 0.6 is 11.6 Å². The summed E-state index contributed by atoms with van der Waals surface area (Å²) in [5.74, 6) is -2.20. The highest BCUT2D eigenvalue weighted by atomic mass is 35.5. The van der Waals surface area contributed by atoms with Crippen LogP contribution in [0.3, 0.4) is 0 Å². The van der Waals surface area contributed by atoms with Crippen molar-refractivity contribution in [3.05, 3.63) is 70.2 Å². The normalized spacial score (nSPS) is 13.0. The molecule has 0 radical (unpaired) electrons. The largest absolute Gasteiger partial charge is 0.375 e. The van der Waals surface area contributed by atoms with Crippen molar-refractivity contribution in [2.45, 2.75) is 11.9 Å². The molecule has 24 heavy (non-hydrogen) atoms. The van der Waals surface area contributed by atoms with Gasteiger partial charge in [-0.3, -0.25) is 0 Å². The Balaban J connectivity index is 2.07. The van der Waals surface area contributed by atoms with Gasteiger partial charge in [-0.25, -0.2) is 21.9 Å². The maximum atomic E-state index is 13.1. The third-order valence-electron chi connectivity index (χ3n) is 3.30. The molecule has 0 fully saturated rings. The predicted octanol–water partition coefficient (Wildman–Crippen LogP) is 3.43. The van der Waals surface area contributed by atoms with Gasteiger partial charge in [0.05, 0.1) is 11.9 Å². The van der Waals surface area contributed by atoms with Gasteiger partial charge in [0.25, 0.3) is 0 Å². The molecule has 0 aliphatic rings. The minimum absolute atomic E-state index is 0.0201. The summed E-state index contributed by atoms with van der Waals surface area (Å²) in [6.45, 7) is -0.0552. The van der Waals surface area contributed by atoms with E-state index in [2.05, 4.69) is 4.72 Å². The summed E-state index contributed by atoms with van der Waals surface area (Å²) in [5, 5.41) is 0.454. The number of ether oxygens (including phenoxy) is 1. The van der Waals surface area contributed by atoms with Crippen LogP contribution in [0.25, 0.3) is 0 Å². The maximum Gasteiger partial charge on any atom is 0.215 e. The smallest absolute Gasteiger partial charge is 0.215 e. The van der Waals surface area contributed by atoms with Crippen LogP contribution < -0.4 is 4.72 Å². The van der Waals surface area contributed by atoms with Crippen molar-refractivity contribution >= 4 is 21.6 Å². The van der Waals surface area contributed by atoms with Crippen LogP contribution in [0.2, 0.25) is 5.02 Å². The van der Waals surface area contributed by atoms with Crippen molar-refractivity contribution in [2.24, 2.45) is 0 Å². The second-order valence-electron chi connectivity index (χ2n) is 5.13. The molecule has 0 spiro atoms. The zero-order chi connectivity index (χ0) is 17.7. The molecule has 2 aromatic rings. The van der Waals surface area contributed by atoms with E-state index >= 15 is 0 Å². The van der Waals surface area contributed by atoms with Gasteiger partial charge in [-0.05, 0) is 23.8 Å². The van der Waals surface area contributed by atoms with Gasteiger partial charge in [0.1, 0.15) is 11.6 Å². The molecule has 0 aliphatic heterocycles. The molecule has 0 aromatic heterocycles. The van der Waals surface area contributed by atoms with Crippen LogP contribution in [-0.2, 0) is 20.5 Å². The van der Waals surface area contributed by atoms with Gasteiger partial charge in [-0.1, -0.05) is 29.8 Å². The summed E-state index contributed by atoms with van der Waals surface area (Å²) in [6.07, 6.45) is -0.585. The topological polar surface area (TPSA) is 55.4 Å². The fraction of sp³-hybridized carbons (Fsp3) is 0.250. The summed E-state index contributed by atoms with van der Waals surface area (Å²) < 4.78 is 58.2. The van der Waals surface area contributed by atoms with E-state index in [1.165, 1.54) is 7.11 Å². The average Bonchev–Trinajstić information content (AvgIpc) is 2.47. The number of hydrogen-bond acceptors (Lipinski definition) is 3. The SMILES string of the molecule is CO[C@H](CNS(=O)(=O)Cc1cc(F)cc(F)c1)c1ccccc1Cl. The summed E-state index contributed by atoms with van der Waals surface area (Å²) in [4.78, 5) is 0. The molecule has 130 valence electrons. The third-order valence-corrected chi connectivity index (χ3v) is 4.97. The number of hydrogen-bond donors (Lipinski definition) is 1. The lowest BCUT2D eigenvalue weighted by molar-refractivity contribution is 0.107. The molecule has 2 aromatic carbocycles. The van der Waals surface area contributed by atoms with Crippen LogP contribution in [0.5, 0.6) is 0 Å². The van der Waals surface area contributed by atoms with Crippen molar-refractivity contribution in [1.82, 2.24) is 4.72 Å². The summed E-state index contributed by atoms with van der Waals surface area (Å²) in [6, 6.07) is 9.55. The van der Waals surface area contributed by atoms with Crippen LogP contribution in [0.1, 0.15) is 17.2 Å². The molecule has 0 saturated carbocycles. The summed E-state index contributed by atoms with van der Waals surface area (Å²) in [5.41, 5.74) is 0.660. The van der Waals surface area contributed by atoms with E-state index in [-0.39, 0.29) is 12.1 Å². The van der Waals surface area contributed by atoms with E-state index in [0.29, 0.717) is 16.7 Å². The number of benzene rings is 2. The molecule has 1 N–H and O–H groups in total. The monoisotopic (exact) mass is 375 g/mol. The Bertz CT molecular complexity index is 794. The van der Waals surface area contributed by atoms with E-state index in [1.807, 2.05) is 0 Å². The number of methoxy groups -OCH3 is 1. The van der Waals surface area contributed by atoms with Crippen LogP contribution in [-0.4, -0.2) is 22.1 Å². The molecule has 0 saturated heterocycles. The quantitative estimate of drug-likeness (QED) is 0.806. The van der Waals surface area contributed by atoms with Gasteiger partial charge < -0.3 is 4.74 Å². The third kappa shape index (κ3) is 5.24. The lowest BCUT2D eigenvalue weighted by Crippen LogP contribution is -2.30. The van der Waals surface area contributed by atoms with E-state index < -0.39 is 33.5 Å². The fourth-order valence-corrected chi connectivity index (χ4v) is 3.59. The molecule has 0 amide bonds. The van der Waals surface area contributed by atoms with E-state index in [1.54, 1.807) is 24.3 Å². The lowest BCUT2D eigenvalue weighted by Gasteiger charge is -2.18. The molecule has 4 nitrogen and oxygen atoms in total. The van der Waals surface area contributed by atoms with Crippen molar-refractivity contribution in [2.75, 3.05) is 13.7 Å². The standard InChI is InChI=1S/C16H16ClF2NO3S/c1-23-16(14-4-2-3-5-15(14)17)9-20-24(21,22)10-11-6-12(18)8-13(19)7-11/h2-8,16,20H,9-10H2,1H3/t16-/m1/s1. The minimum Gasteiger partial charge on any atom is -0.375 e. The molecule has 0 heterocycles. The van der Waals surface area contributed by atoms with E-state index in [9.17, 15) is 17.2 Å². The second kappa shape index (κ2) is 8.02. The number of nitrogens with one attached hydrogen (secondary N) is 1. The molecule has 0 bridgehead atoms. The lowest BCUT2D eigenvalue weighted by atomic mass is 10.1. The van der Waals surface area contributed by atoms with Crippen LogP contribution in [0.4, 0.5) is 8.78 Å². The van der Waals surface area contributed by atoms with E-state index in [0.717, 1.165) is 12.1 Å². The van der Waals surface area contributed by atoms with Crippen LogP contribution in [0.15, 0.2) is 42.5 Å². The number of sulfonamides is 1. The predicted molar refractivity (Wildman–Crippen MR) is 88.2 cm³/mol. The Morgan fingerprint density at radius 1 is 1.17 bits per heavy atom. The minimum atomic E-state index is -3.80. The molecule has 8 heteroatoms. The van der Waals surface area contributed by atoms with Gasteiger partial charge >= 0.3 is 0 Å². The Kier molecular flexibility index (Phi) is 6.28. The molecular formula is C16H16ClF2NO3S. The first-order valence-electron chi connectivity index (χ1n) is 7.00. The molecular weight excluding hydrogens is 360 g/mol. The zero-order valence-electron chi connectivity index (χ0n) is 12.8. The number of rotatable bonds is 7. The van der Waals surface area contributed by atoms with Gasteiger partial charge in [0.15, 0.2) is 0 Å². The first-order valence-corrected chi connectivity index (χ1v) is 9.03. The molecule has 0 unspecified atom stereocenters. The Labute approximate surface area is 144 Å². The van der Waals surface area contributed by atoms with Crippen molar-refractivity contribution in [3.8, 4) is 0 Å². The highest BCUT2D eigenvalue weighted by Gasteiger charge is 2.19. The van der Waals surface area contributed by atoms with Gasteiger partial charge in [0, 0.05) is 30.3 Å². The van der Waals surface area contributed by atoms with Crippen molar-refractivity contribution < 1.29 is 21.9 Å². The maximum absolute atomic E-state index is 13.1. The Hall–Kier alpha value is -1.54. The zero-order valence-corrected chi connectivity index (χ0v) is 14.4. The van der Waals surface area contributed by atoms with Gasteiger partial charge in [0.2, 0.25) is 10.0 Å². The van der Waals surface area contributed by atoms with Crippen molar-refractivity contribution in [1.29, 1.82) is 0 Å². The Morgan fingerprint density at radius 2 is 1.79 bits per heavy atom. The fourth-order valence-electron chi connectivity index (χ4n) is 2.22. The highest BCUT2D eigenvalue weighted by molar-refractivity contribution is 7.88. The first kappa shape index (κ1) is 18.8. The highest BCUT2D eigenvalue weighted by Crippen LogP contribution is 2.24. The summed E-state index contributed by atoms with van der Waals surface area (Å²) >= 11 is 6.07.